The smallest absolute Gasteiger partial charge is 0.309 e. The molecule has 1 heterocycles. The number of esters is 1. The SMILES string of the molecule is Cc1ccc2c(c1)c(C)c(-c1ccccc1)n2Cc1ccc(OCCC(=O)OCc2ccccc2)cc1. The second-order valence-electron chi connectivity index (χ2n) is 9.34. The molecule has 0 radical (unpaired) electrons. The highest BCUT2D eigenvalue weighted by Gasteiger charge is 2.16. The highest BCUT2D eigenvalue weighted by Crippen LogP contribution is 2.34. The molecule has 0 atom stereocenters. The van der Waals surface area contributed by atoms with Crippen LogP contribution < -0.4 is 4.74 Å². The molecule has 0 aliphatic heterocycles. The van der Waals surface area contributed by atoms with E-state index in [4.69, 9.17) is 9.47 Å². The van der Waals surface area contributed by atoms with Crippen molar-refractivity contribution in [1.29, 1.82) is 0 Å². The van der Waals surface area contributed by atoms with Gasteiger partial charge in [-0.1, -0.05) is 84.4 Å². The zero-order valence-corrected chi connectivity index (χ0v) is 21.3. The lowest BCUT2D eigenvalue weighted by atomic mass is 10.1. The van der Waals surface area contributed by atoms with Crippen LogP contribution in [0.2, 0.25) is 0 Å². The monoisotopic (exact) mass is 489 g/mol. The van der Waals surface area contributed by atoms with Crippen LogP contribution in [0.3, 0.4) is 0 Å². The van der Waals surface area contributed by atoms with Crippen molar-refractivity contribution in [2.24, 2.45) is 0 Å². The predicted molar refractivity (Wildman–Crippen MR) is 149 cm³/mol. The third-order valence-corrected chi connectivity index (χ3v) is 6.60. The Labute approximate surface area is 218 Å². The van der Waals surface area contributed by atoms with E-state index in [0.717, 1.165) is 17.9 Å². The molecule has 4 nitrogen and oxygen atoms in total. The first kappa shape index (κ1) is 24.4. The summed E-state index contributed by atoms with van der Waals surface area (Å²) in [7, 11) is 0. The summed E-state index contributed by atoms with van der Waals surface area (Å²) in [6.45, 7) is 5.67. The number of benzene rings is 4. The summed E-state index contributed by atoms with van der Waals surface area (Å²) in [5.41, 5.74) is 8.41. The second-order valence-corrected chi connectivity index (χ2v) is 9.34. The maximum absolute atomic E-state index is 12.0. The Balaban J connectivity index is 1.25. The quantitative estimate of drug-likeness (QED) is 0.201. The molecule has 186 valence electrons. The highest BCUT2D eigenvalue weighted by molar-refractivity contribution is 5.92. The molecule has 0 aliphatic carbocycles. The maximum Gasteiger partial charge on any atom is 0.309 e. The van der Waals surface area contributed by atoms with Gasteiger partial charge in [0.25, 0.3) is 0 Å². The number of rotatable bonds is 9. The first-order valence-electron chi connectivity index (χ1n) is 12.6. The van der Waals surface area contributed by atoms with E-state index in [0.29, 0.717) is 0 Å². The zero-order valence-electron chi connectivity index (χ0n) is 21.3. The Morgan fingerprint density at radius 1 is 0.784 bits per heavy atom. The van der Waals surface area contributed by atoms with Gasteiger partial charge in [-0.3, -0.25) is 4.79 Å². The van der Waals surface area contributed by atoms with Gasteiger partial charge in [0.05, 0.1) is 18.7 Å². The number of carbonyl (C=O) groups is 1. The van der Waals surface area contributed by atoms with E-state index < -0.39 is 0 Å². The summed E-state index contributed by atoms with van der Waals surface area (Å²) in [6.07, 6.45) is 0.211. The number of carbonyl (C=O) groups excluding carboxylic acids is 1. The molecule has 0 spiro atoms. The number of aryl methyl sites for hydroxylation is 2. The van der Waals surface area contributed by atoms with Gasteiger partial charge in [0.15, 0.2) is 0 Å². The molecule has 0 fully saturated rings. The summed E-state index contributed by atoms with van der Waals surface area (Å²) >= 11 is 0. The average Bonchev–Trinajstić information content (AvgIpc) is 3.19. The minimum Gasteiger partial charge on any atom is -0.493 e. The van der Waals surface area contributed by atoms with Crippen LogP contribution in [0.1, 0.15) is 28.7 Å². The van der Waals surface area contributed by atoms with Crippen molar-refractivity contribution in [2.45, 2.75) is 33.4 Å². The van der Waals surface area contributed by atoms with Crippen LogP contribution in [0, 0.1) is 13.8 Å². The van der Waals surface area contributed by atoms with E-state index in [1.54, 1.807) is 0 Å². The third kappa shape index (κ3) is 5.75. The Kier molecular flexibility index (Phi) is 7.36. The predicted octanol–water partition coefficient (Wildman–Crippen LogP) is 7.49. The molecular weight excluding hydrogens is 458 g/mol. The summed E-state index contributed by atoms with van der Waals surface area (Å²) in [5, 5.41) is 1.29. The molecule has 0 bridgehead atoms. The van der Waals surface area contributed by atoms with Crippen LogP contribution in [0.4, 0.5) is 0 Å². The van der Waals surface area contributed by atoms with Crippen molar-refractivity contribution in [1.82, 2.24) is 4.57 Å². The normalized spacial score (nSPS) is 11.0. The van der Waals surface area contributed by atoms with Crippen molar-refractivity contribution in [3.05, 3.63) is 125 Å². The van der Waals surface area contributed by atoms with Gasteiger partial charge in [-0.2, -0.15) is 0 Å². The van der Waals surface area contributed by atoms with Crippen LogP contribution in [-0.4, -0.2) is 17.1 Å². The van der Waals surface area contributed by atoms with Crippen LogP contribution in [0.15, 0.2) is 103 Å². The van der Waals surface area contributed by atoms with Crippen molar-refractivity contribution < 1.29 is 14.3 Å². The van der Waals surface area contributed by atoms with Crippen LogP contribution >= 0.6 is 0 Å². The minimum atomic E-state index is -0.265. The zero-order chi connectivity index (χ0) is 25.6. The molecule has 4 heteroatoms. The van der Waals surface area contributed by atoms with Crippen molar-refractivity contribution in [2.75, 3.05) is 6.61 Å². The summed E-state index contributed by atoms with van der Waals surface area (Å²) in [4.78, 5) is 12.0. The largest absolute Gasteiger partial charge is 0.493 e. The lowest BCUT2D eigenvalue weighted by Crippen LogP contribution is -2.10. The molecule has 0 aliphatic rings. The van der Waals surface area contributed by atoms with E-state index in [1.807, 2.05) is 42.5 Å². The van der Waals surface area contributed by atoms with Gasteiger partial charge in [-0.25, -0.2) is 0 Å². The molecule has 5 rings (SSSR count). The molecule has 5 aromatic rings. The third-order valence-electron chi connectivity index (χ3n) is 6.60. The van der Waals surface area contributed by atoms with Crippen molar-refractivity contribution in [3.63, 3.8) is 0 Å². The van der Waals surface area contributed by atoms with Crippen LogP contribution in [0.5, 0.6) is 5.75 Å². The summed E-state index contributed by atoms with van der Waals surface area (Å²) in [5.74, 6) is 0.478. The van der Waals surface area contributed by atoms with Crippen LogP contribution in [-0.2, 0) is 22.7 Å². The molecule has 0 N–H and O–H groups in total. The summed E-state index contributed by atoms with van der Waals surface area (Å²) < 4.78 is 13.5. The maximum atomic E-state index is 12.0. The fraction of sp³-hybridized carbons (Fsp3) is 0.182. The Hall–Kier alpha value is -4.31. The first-order valence-corrected chi connectivity index (χ1v) is 12.6. The lowest BCUT2D eigenvalue weighted by Gasteiger charge is -2.13. The van der Waals surface area contributed by atoms with E-state index >= 15 is 0 Å². The molecule has 37 heavy (non-hydrogen) atoms. The van der Waals surface area contributed by atoms with Crippen molar-refractivity contribution >= 4 is 16.9 Å². The molecule has 0 amide bonds. The molecular formula is C33H31NO3. The number of nitrogens with zero attached hydrogens (tertiary/aromatic N) is 1. The van der Waals surface area contributed by atoms with E-state index in [-0.39, 0.29) is 25.6 Å². The van der Waals surface area contributed by atoms with Gasteiger partial charge in [-0.05, 0) is 60.4 Å². The van der Waals surface area contributed by atoms with Gasteiger partial charge in [0.2, 0.25) is 0 Å². The van der Waals surface area contributed by atoms with E-state index in [2.05, 4.69) is 79.1 Å². The van der Waals surface area contributed by atoms with Gasteiger partial charge < -0.3 is 14.0 Å². The van der Waals surface area contributed by atoms with Gasteiger partial charge in [-0.15, -0.1) is 0 Å². The van der Waals surface area contributed by atoms with Crippen molar-refractivity contribution in [3.8, 4) is 17.0 Å². The number of ether oxygens (including phenoxy) is 2. The van der Waals surface area contributed by atoms with Crippen LogP contribution in [0.25, 0.3) is 22.2 Å². The Morgan fingerprint density at radius 3 is 2.22 bits per heavy atom. The average molecular weight is 490 g/mol. The molecule has 1 aromatic heterocycles. The van der Waals surface area contributed by atoms with Gasteiger partial charge in [0, 0.05) is 17.4 Å². The molecule has 0 saturated heterocycles. The highest BCUT2D eigenvalue weighted by atomic mass is 16.5. The minimum absolute atomic E-state index is 0.211. The topological polar surface area (TPSA) is 40.5 Å². The number of aromatic nitrogens is 1. The number of fused-ring (bicyclic) bond motifs is 1. The van der Waals surface area contributed by atoms with E-state index in [9.17, 15) is 4.79 Å². The first-order chi connectivity index (χ1) is 18.1. The molecule has 0 saturated carbocycles. The standard InChI is InChI=1S/C33H31NO3/c1-24-13-18-31-30(21-24)25(2)33(28-11-7-4-8-12-28)34(31)22-26-14-16-29(17-15-26)36-20-19-32(35)37-23-27-9-5-3-6-10-27/h3-18,21H,19-20,22-23H2,1-2H3. The van der Waals surface area contributed by atoms with Gasteiger partial charge >= 0.3 is 5.97 Å². The molecule has 0 unspecified atom stereocenters. The van der Waals surface area contributed by atoms with E-state index in [1.165, 1.54) is 38.9 Å². The fourth-order valence-electron chi connectivity index (χ4n) is 4.70. The fourth-order valence-corrected chi connectivity index (χ4v) is 4.70. The summed E-state index contributed by atoms with van der Waals surface area (Å²) in [6, 6.07) is 35.0. The number of hydrogen-bond acceptors (Lipinski definition) is 3. The lowest BCUT2D eigenvalue weighted by molar-refractivity contribution is -0.145. The Bertz CT molecular complexity index is 1490. The number of hydrogen-bond donors (Lipinski definition) is 0. The Morgan fingerprint density at radius 2 is 1.49 bits per heavy atom. The van der Waals surface area contributed by atoms with Gasteiger partial charge in [0.1, 0.15) is 12.4 Å². The second kappa shape index (κ2) is 11.2. The molecule has 4 aromatic carbocycles.